The number of hydrogen-bond donors (Lipinski definition) is 1. The van der Waals surface area contributed by atoms with Gasteiger partial charge in [-0.2, -0.15) is 8.42 Å². The van der Waals surface area contributed by atoms with E-state index in [0.29, 0.717) is 0 Å². The molecule has 0 amide bonds. The van der Waals surface area contributed by atoms with Gasteiger partial charge in [0.1, 0.15) is 0 Å². The van der Waals surface area contributed by atoms with Crippen LogP contribution in [-0.4, -0.2) is 20.1 Å². The smallest absolute Gasteiger partial charge is 0.335 e. The zero-order valence-electron chi connectivity index (χ0n) is 3.38. The van der Waals surface area contributed by atoms with Crippen LogP contribution >= 0.6 is 0 Å². The van der Waals surface area contributed by atoms with E-state index in [0.717, 1.165) is 0 Å². The predicted octanol–water partition coefficient (Wildman–Crippen LogP) is -0.672. The fourth-order valence-corrected chi connectivity index (χ4v) is 0. The van der Waals surface area contributed by atoms with Crippen molar-refractivity contribution in [2.24, 2.45) is 0 Å². The highest BCUT2D eigenvalue weighted by molar-refractivity contribution is 7.51. The molecule has 4 heteroatoms. The SMILES string of the molecule is CCO.O=S=O. The standard InChI is InChI=1S/C2H6O.O2S/c1-2-3;1-3-2/h3H,2H2,1H3;. The van der Waals surface area contributed by atoms with Crippen LogP contribution in [0.5, 0.6) is 0 Å². The van der Waals surface area contributed by atoms with Gasteiger partial charge in [-0.25, -0.2) is 0 Å². The molecule has 0 fully saturated rings. The molecule has 0 unspecified atom stereocenters. The van der Waals surface area contributed by atoms with E-state index >= 15 is 0 Å². The molecule has 0 aromatic heterocycles. The maximum Gasteiger partial charge on any atom is 0.335 e. The van der Waals surface area contributed by atoms with E-state index in [9.17, 15) is 0 Å². The highest BCUT2D eigenvalue weighted by Gasteiger charge is 1.34. The van der Waals surface area contributed by atoms with Gasteiger partial charge in [0, 0.05) is 6.61 Å². The summed E-state index contributed by atoms with van der Waals surface area (Å²) in [6.07, 6.45) is 0. The van der Waals surface area contributed by atoms with Crippen LogP contribution in [-0.2, 0) is 11.6 Å². The van der Waals surface area contributed by atoms with Crippen molar-refractivity contribution < 1.29 is 13.5 Å². The summed E-state index contributed by atoms with van der Waals surface area (Å²) in [5.74, 6) is 0. The lowest BCUT2D eigenvalue weighted by molar-refractivity contribution is 0.318. The van der Waals surface area contributed by atoms with Crippen molar-refractivity contribution in [2.45, 2.75) is 6.92 Å². The maximum atomic E-state index is 8.29. The third-order valence-electron chi connectivity index (χ3n) is 0. The van der Waals surface area contributed by atoms with Crippen molar-refractivity contribution in [1.29, 1.82) is 0 Å². The van der Waals surface area contributed by atoms with Crippen LogP contribution < -0.4 is 0 Å². The average molecular weight is 110 g/mol. The molecule has 0 saturated heterocycles. The lowest BCUT2D eigenvalue weighted by Crippen LogP contribution is -1.57. The van der Waals surface area contributed by atoms with E-state index in [-0.39, 0.29) is 6.61 Å². The Morgan fingerprint density at radius 1 is 1.67 bits per heavy atom. The zero-order valence-corrected chi connectivity index (χ0v) is 4.20. The van der Waals surface area contributed by atoms with Gasteiger partial charge < -0.3 is 5.11 Å². The summed E-state index contributed by atoms with van der Waals surface area (Å²) in [6.45, 7) is 1.93. The molecule has 6 heavy (non-hydrogen) atoms. The van der Waals surface area contributed by atoms with Gasteiger partial charge in [0.25, 0.3) is 0 Å². The summed E-state index contributed by atoms with van der Waals surface area (Å²) in [5.41, 5.74) is 0. The molecule has 0 aromatic carbocycles. The Morgan fingerprint density at radius 3 is 1.67 bits per heavy atom. The molecular formula is C2H6O3S. The molecule has 0 heterocycles. The molecule has 0 saturated carbocycles. The van der Waals surface area contributed by atoms with Crippen LogP contribution in [0.2, 0.25) is 0 Å². The Labute approximate surface area is 39.6 Å². The van der Waals surface area contributed by atoms with Crippen LogP contribution in [0.4, 0.5) is 0 Å². The van der Waals surface area contributed by atoms with Crippen molar-refractivity contribution in [3.8, 4) is 0 Å². The highest BCUT2D eigenvalue weighted by atomic mass is 32.1. The minimum Gasteiger partial charge on any atom is -0.397 e. The van der Waals surface area contributed by atoms with Gasteiger partial charge in [-0.15, -0.1) is 0 Å². The molecule has 1 N–H and O–H groups in total. The third-order valence-corrected chi connectivity index (χ3v) is 0. The molecule has 0 spiro atoms. The van der Waals surface area contributed by atoms with E-state index in [1.54, 1.807) is 6.92 Å². The Bertz CT molecular complexity index is 38.1. The number of rotatable bonds is 0. The average Bonchev–Trinajstić information content (AvgIpc) is 1.39. The van der Waals surface area contributed by atoms with E-state index in [1.807, 2.05) is 0 Å². The fraction of sp³-hybridized carbons (Fsp3) is 1.00. The Kier molecular flexibility index (Phi) is 33.2. The molecule has 0 aliphatic heterocycles. The molecule has 0 bridgehead atoms. The van der Waals surface area contributed by atoms with Gasteiger partial charge in [0.15, 0.2) is 0 Å². The number of aliphatic hydroxyl groups excluding tert-OH is 1. The maximum absolute atomic E-state index is 8.29. The molecule has 0 radical (unpaired) electrons. The van der Waals surface area contributed by atoms with Crippen LogP contribution in [0.25, 0.3) is 0 Å². The van der Waals surface area contributed by atoms with E-state index in [2.05, 4.69) is 0 Å². The number of aliphatic hydroxyl groups is 1. The molecule has 0 aliphatic carbocycles. The van der Waals surface area contributed by atoms with E-state index < -0.39 is 11.6 Å². The molecule has 3 nitrogen and oxygen atoms in total. The lowest BCUT2D eigenvalue weighted by Gasteiger charge is -1.52. The third kappa shape index (κ3) is 604. The second kappa shape index (κ2) is 21.6. The van der Waals surface area contributed by atoms with Gasteiger partial charge in [0.2, 0.25) is 0 Å². The quantitative estimate of drug-likeness (QED) is 0.450. The Morgan fingerprint density at radius 2 is 1.67 bits per heavy atom. The second-order valence-corrected chi connectivity index (χ2v) is 0.520. The summed E-state index contributed by atoms with van der Waals surface area (Å²) >= 11 is -0.750. The van der Waals surface area contributed by atoms with Crippen LogP contribution in [0.15, 0.2) is 0 Å². The van der Waals surface area contributed by atoms with Gasteiger partial charge in [-0.1, -0.05) is 0 Å². The summed E-state index contributed by atoms with van der Waals surface area (Å²) < 4.78 is 16.6. The fourth-order valence-electron chi connectivity index (χ4n) is 0. The van der Waals surface area contributed by atoms with E-state index in [1.165, 1.54) is 0 Å². The monoisotopic (exact) mass is 110 g/mol. The first-order chi connectivity index (χ1) is 2.83. The molecule has 38 valence electrons. The summed E-state index contributed by atoms with van der Waals surface area (Å²) in [7, 11) is 0. The number of hydrogen-bond acceptors (Lipinski definition) is 3. The van der Waals surface area contributed by atoms with Gasteiger partial charge in [-0.05, 0) is 6.92 Å². The normalized spacial score (nSPS) is 5.00. The molecule has 0 rings (SSSR count). The van der Waals surface area contributed by atoms with Gasteiger partial charge >= 0.3 is 11.6 Å². The van der Waals surface area contributed by atoms with Crippen LogP contribution in [0.1, 0.15) is 6.92 Å². The molecular weight excluding hydrogens is 104 g/mol. The Balaban J connectivity index is 0. The first kappa shape index (κ1) is 9.24. The van der Waals surface area contributed by atoms with Gasteiger partial charge in [0.05, 0.1) is 0 Å². The second-order valence-electron chi connectivity index (χ2n) is 0.384. The Hall–Kier alpha value is -0.220. The van der Waals surface area contributed by atoms with Crippen molar-refractivity contribution in [2.75, 3.05) is 6.61 Å². The minimum atomic E-state index is -0.750. The van der Waals surface area contributed by atoms with Crippen molar-refractivity contribution in [3.05, 3.63) is 0 Å². The van der Waals surface area contributed by atoms with Crippen LogP contribution in [0.3, 0.4) is 0 Å². The topological polar surface area (TPSA) is 54.4 Å². The minimum absolute atomic E-state index is 0.250. The van der Waals surface area contributed by atoms with Crippen molar-refractivity contribution >= 4 is 11.6 Å². The lowest BCUT2D eigenvalue weighted by atomic mass is 10.9. The largest absolute Gasteiger partial charge is 0.397 e. The highest BCUT2D eigenvalue weighted by Crippen LogP contribution is 1.30. The first-order valence-corrected chi connectivity index (χ1v) is 2.02. The molecule has 0 aromatic rings. The van der Waals surface area contributed by atoms with Crippen molar-refractivity contribution in [1.82, 2.24) is 0 Å². The summed E-state index contributed by atoms with van der Waals surface area (Å²) in [4.78, 5) is 0. The van der Waals surface area contributed by atoms with Crippen LogP contribution in [0, 0.1) is 0 Å². The zero-order chi connectivity index (χ0) is 5.41. The van der Waals surface area contributed by atoms with Crippen molar-refractivity contribution in [3.63, 3.8) is 0 Å². The molecule has 0 atom stereocenters. The summed E-state index contributed by atoms with van der Waals surface area (Å²) in [5, 5.41) is 7.57. The molecule has 0 aliphatic rings. The summed E-state index contributed by atoms with van der Waals surface area (Å²) in [6, 6.07) is 0. The van der Waals surface area contributed by atoms with E-state index in [4.69, 9.17) is 13.5 Å². The van der Waals surface area contributed by atoms with Gasteiger partial charge in [-0.3, -0.25) is 0 Å². The first-order valence-electron chi connectivity index (χ1n) is 1.36. The predicted molar refractivity (Wildman–Crippen MR) is 21.7 cm³/mol.